The number of thiol groups is 1. The molecular weight excluding hydrogens is 452 g/mol. The Morgan fingerprint density at radius 3 is 2.55 bits per heavy atom. The molecule has 0 saturated heterocycles. The van der Waals surface area contributed by atoms with Crippen LogP contribution in [0.3, 0.4) is 0 Å². The minimum Gasteiger partial charge on any atom is -0.495 e. The number of nitrogens with one attached hydrogen (secondary N) is 2. The number of hydrogen-bond donors (Lipinski definition) is 4. The van der Waals surface area contributed by atoms with E-state index in [4.69, 9.17) is 9.84 Å². The molecule has 1 heterocycles. The van der Waals surface area contributed by atoms with Gasteiger partial charge in [-0.15, -0.1) is 0 Å². The first-order chi connectivity index (χ1) is 15.8. The van der Waals surface area contributed by atoms with Crippen molar-refractivity contribution in [2.24, 2.45) is 0 Å². The minimum absolute atomic E-state index is 0.00520. The molecule has 0 spiro atoms. The predicted octanol–water partition coefficient (Wildman–Crippen LogP) is 5.70. The fraction of sp³-hybridized carbons (Fsp3) is 0.0435. The van der Waals surface area contributed by atoms with Gasteiger partial charge in [0.25, 0.3) is 0 Å². The Morgan fingerprint density at radius 1 is 1.06 bits per heavy atom. The normalized spacial score (nSPS) is 10.8. The fourth-order valence-corrected chi connectivity index (χ4v) is 3.49. The van der Waals surface area contributed by atoms with Gasteiger partial charge in [0.05, 0.1) is 24.0 Å². The maximum Gasteiger partial charge on any atom is 0.336 e. The van der Waals surface area contributed by atoms with E-state index in [9.17, 15) is 18.4 Å². The van der Waals surface area contributed by atoms with E-state index in [0.717, 1.165) is 16.4 Å². The lowest BCUT2D eigenvalue weighted by Gasteiger charge is -2.18. The summed E-state index contributed by atoms with van der Waals surface area (Å²) in [6, 6.07) is 13.9. The maximum atomic E-state index is 13.6. The number of fused-ring (bicyclic) bond motifs is 1. The molecule has 168 valence electrons. The number of carbonyl (C=O) groups is 2. The number of urea groups is 1. The third-order valence-corrected chi connectivity index (χ3v) is 5.36. The Labute approximate surface area is 192 Å². The summed E-state index contributed by atoms with van der Waals surface area (Å²) in [4.78, 5) is 27.0. The second kappa shape index (κ2) is 8.83. The molecule has 0 aliphatic carbocycles. The van der Waals surface area contributed by atoms with Gasteiger partial charge in [-0.2, -0.15) is 0 Å². The number of nitrogens with zero attached hydrogens (tertiary/aromatic N) is 1. The molecule has 0 saturated carbocycles. The summed E-state index contributed by atoms with van der Waals surface area (Å²) in [6.07, 6.45) is 0. The summed E-state index contributed by atoms with van der Waals surface area (Å²) >= 11 is 4.18. The SMILES string of the molecule is COc1ccc(-c2cc3cc(F)c(F)cc3[nH]2)cc1NC(=O)N(S)c1cccc(C(=O)O)c1. The lowest BCUT2D eigenvalue weighted by molar-refractivity contribution is 0.0697. The van der Waals surface area contributed by atoms with Crippen molar-refractivity contribution >= 4 is 47.1 Å². The van der Waals surface area contributed by atoms with Crippen LogP contribution in [0.25, 0.3) is 22.2 Å². The summed E-state index contributed by atoms with van der Waals surface area (Å²) < 4.78 is 33.4. The Hall–Kier alpha value is -4.05. The highest BCUT2D eigenvalue weighted by Crippen LogP contribution is 2.33. The van der Waals surface area contributed by atoms with Gasteiger partial charge in [0.1, 0.15) is 5.75 Å². The monoisotopic (exact) mass is 469 g/mol. The van der Waals surface area contributed by atoms with Crippen LogP contribution < -0.4 is 14.4 Å². The number of carboxylic acids is 1. The van der Waals surface area contributed by atoms with Gasteiger partial charge in [-0.05, 0) is 48.5 Å². The molecule has 3 aromatic carbocycles. The number of H-pyrrole nitrogens is 1. The van der Waals surface area contributed by atoms with E-state index in [2.05, 4.69) is 23.1 Å². The zero-order chi connectivity index (χ0) is 23.7. The van der Waals surface area contributed by atoms with Crippen LogP contribution >= 0.6 is 12.8 Å². The highest BCUT2D eigenvalue weighted by atomic mass is 32.1. The van der Waals surface area contributed by atoms with E-state index >= 15 is 0 Å². The van der Waals surface area contributed by atoms with Gasteiger partial charge >= 0.3 is 12.0 Å². The van der Waals surface area contributed by atoms with E-state index in [0.29, 0.717) is 33.6 Å². The lowest BCUT2D eigenvalue weighted by atomic mass is 10.1. The number of ether oxygens (including phenoxy) is 1. The number of halogens is 2. The minimum atomic E-state index is -1.13. The number of amides is 2. The largest absolute Gasteiger partial charge is 0.495 e. The first kappa shape index (κ1) is 22.2. The Morgan fingerprint density at radius 2 is 1.82 bits per heavy atom. The van der Waals surface area contributed by atoms with Gasteiger partial charge in [0.15, 0.2) is 11.6 Å². The molecule has 0 atom stereocenters. The molecule has 0 fully saturated rings. The Bertz CT molecular complexity index is 1350. The van der Waals surface area contributed by atoms with Crippen molar-refractivity contribution in [2.75, 3.05) is 16.7 Å². The number of anilines is 2. The van der Waals surface area contributed by atoms with Gasteiger partial charge in [0.2, 0.25) is 0 Å². The van der Waals surface area contributed by atoms with Gasteiger partial charge in [-0.25, -0.2) is 22.7 Å². The molecule has 10 heteroatoms. The number of carbonyl (C=O) groups excluding carboxylic acids is 1. The summed E-state index contributed by atoms with van der Waals surface area (Å²) in [6.45, 7) is 0. The second-order valence-corrected chi connectivity index (χ2v) is 7.45. The topological polar surface area (TPSA) is 94.7 Å². The zero-order valence-corrected chi connectivity index (χ0v) is 18.0. The van der Waals surface area contributed by atoms with E-state index < -0.39 is 23.6 Å². The fourth-order valence-electron chi connectivity index (χ4n) is 3.31. The van der Waals surface area contributed by atoms with E-state index in [1.54, 1.807) is 24.3 Å². The third-order valence-electron chi connectivity index (χ3n) is 4.94. The van der Waals surface area contributed by atoms with Crippen LogP contribution in [0.15, 0.2) is 60.7 Å². The van der Waals surface area contributed by atoms with Crippen molar-refractivity contribution in [3.63, 3.8) is 0 Å². The average Bonchev–Trinajstić information content (AvgIpc) is 3.21. The van der Waals surface area contributed by atoms with Crippen LogP contribution in [0.4, 0.5) is 25.0 Å². The summed E-state index contributed by atoms with van der Waals surface area (Å²) in [7, 11) is 1.44. The van der Waals surface area contributed by atoms with Crippen LogP contribution in [0, 0.1) is 11.6 Å². The van der Waals surface area contributed by atoms with Crippen LogP contribution in [-0.2, 0) is 0 Å². The number of methoxy groups -OCH3 is 1. The predicted molar refractivity (Wildman–Crippen MR) is 124 cm³/mol. The van der Waals surface area contributed by atoms with Gasteiger partial charge in [-0.1, -0.05) is 18.9 Å². The molecule has 0 aliphatic rings. The molecule has 3 N–H and O–H groups in total. The molecule has 4 aromatic rings. The Balaban J connectivity index is 1.64. The molecule has 4 rings (SSSR count). The molecule has 0 bridgehead atoms. The first-order valence-electron chi connectivity index (χ1n) is 9.56. The molecule has 7 nitrogen and oxygen atoms in total. The molecule has 1 aromatic heterocycles. The van der Waals surface area contributed by atoms with Gasteiger partial charge in [-0.3, -0.25) is 0 Å². The van der Waals surface area contributed by atoms with Crippen molar-refractivity contribution in [3.8, 4) is 17.0 Å². The first-order valence-corrected chi connectivity index (χ1v) is 9.96. The molecule has 2 amide bonds. The number of benzene rings is 3. The van der Waals surface area contributed by atoms with Crippen molar-refractivity contribution in [3.05, 3.63) is 77.9 Å². The number of carboxylic acid groups (broad SMARTS) is 1. The number of aromatic carboxylic acids is 1. The van der Waals surface area contributed by atoms with Crippen molar-refractivity contribution in [1.29, 1.82) is 0 Å². The van der Waals surface area contributed by atoms with E-state index in [1.165, 1.54) is 31.4 Å². The smallest absolute Gasteiger partial charge is 0.336 e. The Kier molecular flexibility index (Phi) is 5.93. The van der Waals surface area contributed by atoms with Crippen molar-refractivity contribution < 1.29 is 28.2 Å². The standard InChI is InChI=1S/C23H17F2N3O4S/c1-32-21-6-5-12(18-10-14-8-16(24)17(25)11-19(14)26-18)9-20(21)27-23(31)28(33)15-4-2-3-13(7-15)22(29)30/h2-11,26,33H,1H3,(H,27,31)(H,29,30). The zero-order valence-electron chi connectivity index (χ0n) is 17.1. The van der Waals surface area contributed by atoms with E-state index in [1.807, 2.05) is 0 Å². The molecule has 0 aliphatic heterocycles. The van der Waals surface area contributed by atoms with Crippen LogP contribution in [0.5, 0.6) is 5.75 Å². The molecule has 33 heavy (non-hydrogen) atoms. The second-order valence-electron chi connectivity index (χ2n) is 7.05. The maximum absolute atomic E-state index is 13.6. The number of aromatic amines is 1. The lowest BCUT2D eigenvalue weighted by Crippen LogP contribution is -2.27. The summed E-state index contributed by atoms with van der Waals surface area (Å²) in [5, 5.41) is 12.3. The number of rotatable bonds is 5. The summed E-state index contributed by atoms with van der Waals surface area (Å²) in [5.41, 5.74) is 2.19. The highest BCUT2D eigenvalue weighted by Gasteiger charge is 2.17. The van der Waals surface area contributed by atoms with Gasteiger partial charge < -0.3 is 20.1 Å². The number of hydrogen-bond acceptors (Lipinski definition) is 4. The summed E-state index contributed by atoms with van der Waals surface area (Å²) in [5.74, 6) is -2.68. The van der Waals surface area contributed by atoms with E-state index in [-0.39, 0.29) is 11.3 Å². The third kappa shape index (κ3) is 4.46. The van der Waals surface area contributed by atoms with Crippen LogP contribution in [0.1, 0.15) is 10.4 Å². The quantitative estimate of drug-likeness (QED) is 0.282. The van der Waals surface area contributed by atoms with Crippen molar-refractivity contribution in [2.45, 2.75) is 0 Å². The molecular formula is C23H17F2N3O4S. The molecule has 0 radical (unpaired) electrons. The van der Waals surface area contributed by atoms with Crippen LogP contribution in [0.2, 0.25) is 0 Å². The van der Waals surface area contributed by atoms with Crippen LogP contribution in [-0.4, -0.2) is 29.2 Å². The molecule has 0 unspecified atom stereocenters. The number of aromatic nitrogens is 1. The van der Waals surface area contributed by atoms with Gasteiger partial charge in [0, 0.05) is 28.2 Å². The van der Waals surface area contributed by atoms with Crippen molar-refractivity contribution in [1.82, 2.24) is 4.98 Å². The average molecular weight is 469 g/mol. The highest BCUT2D eigenvalue weighted by molar-refractivity contribution is 7.82.